The molecule has 0 radical (unpaired) electrons. The Morgan fingerprint density at radius 1 is 1.29 bits per heavy atom. The molecule has 0 unspecified atom stereocenters. The number of rotatable bonds is 3. The van der Waals surface area contributed by atoms with E-state index in [4.69, 9.17) is 5.73 Å². The van der Waals surface area contributed by atoms with Crippen LogP contribution in [0.25, 0.3) is 0 Å². The van der Waals surface area contributed by atoms with Crippen LogP contribution >= 0.6 is 0 Å². The fraction of sp³-hybridized carbons (Fsp3) is 0.667. The molecule has 82 valence electrons. The molecule has 0 saturated heterocycles. The first kappa shape index (κ1) is 13.0. The average molecular weight is 208 g/mol. The summed E-state index contributed by atoms with van der Waals surface area (Å²) in [6, 6.07) is 0. The highest BCUT2D eigenvalue weighted by molar-refractivity contribution is 5.98. The molecule has 5 heteroatoms. The first-order valence-electron chi connectivity index (χ1n) is 4.35. The lowest BCUT2D eigenvalue weighted by atomic mass is 10.1. The third kappa shape index (κ3) is 3.81. The zero-order chi connectivity index (χ0) is 11.4. The first-order chi connectivity index (χ1) is 6.30. The van der Waals surface area contributed by atoms with Gasteiger partial charge in [0, 0.05) is 12.3 Å². The Bertz CT molecular complexity index is 251. The van der Waals surface area contributed by atoms with Gasteiger partial charge in [-0.2, -0.15) is 13.2 Å². The molecule has 0 spiro atoms. The zero-order valence-corrected chi connectivity index (χ0v) is 8.57. The lowest BCUT2D eigenvalue weighted by Gasteiger charge is -2.10. The van der Waals surface area contributed by atoms with Gasteiger partial charge in [-0.15, -0.1) is 0 Å². The van der Waals surface area contributed by atoms with E-state index in [-0.39, 0.29) is 5.57 Å². The molecule has 0 aliphatic heterocycles. The van der Waals surface area contributed by atoms with Crippen LogP contribution in [0.2, 0.25) is 0 Å². The van der Waals surface area contributed by atoms with E-state index in [2.05, 4.69) is 4.99 Å². The summed E-state index contributed by atoms with van der Waals surface area (Å²) in [5.74, 6) is 0. The Hall–Kier alpha value is -1.00. The summed E-state index contributed by atoms with van der Waals surface area (Å²) in [7, 11) is 0. The standard InChI is InChI=1S/C9H15F3N2/c1-4-5-14-7(3)6(2)8(13)9(10,11)12/h4-5,13H2,1-3H3. The molecule has 0 amide bonds. The van der Waals surface area contributed by atoms with E-state index >= 15 is 0 Å². The van der Waals surface area contributed by atoms with E-state index in [1.165, 1.54) is 13.8 Å². The van der Waals surface area contributed by atoms with Gasteiger partial charge in [-0.25, -0.2) is 0 Å². The highest BCUT2D eigenvalue weighted by atomic mass is 19.4. The SMILES string of the molecule is CCCN=C(C)C(C)=C(N)C(F)(F)F. The summed E-state index contributed by atoms with van der Waals surface area (Å²) < 4.78 is 36.4. The van der Waals surface area contributed by atoms with Gasteiger partial charge >= 0.3 is 6.18 Å². The summed E-state index contributed by atoms with van der Waals surface area (Å²) in [6.45, 7) is 5.29. The topological polar surface area (TPSA) is 38.4 Å². The van der Waals surface area contributed by atoms with Gasteiger partial charge in [0.05, 0.1) is 0 Å². The fourth-order valence-corrected chi connectivity index (χ4v) is 0.806. The Morgan fingerprint density at radius 3 is 2.14 bits per heavy atom. The number of alkyl halides is 3. The van der Waals surface area contributed by atoms with Crippen molar-refractivity contribution in [2.75, 3.05) is 6.54 Å². The third-order valence-corrected chi connectivity index (χ3v) is 1.82. The number of allylic oxidation sites excluding steroid dienone is 2. The first-order valence-corrected chi connectivity index (χ1v) is 4.35. The highest BCUT2D eigenvalue weighted by Gasteiger charge is 2.33. The van der Waals surface area contributed by atoms with Crippen molar-refractivity contribution in [3.63, 3.8) is 0 Å². The van der Waals surface area contributed by atoms with Gasteiger partial charge in [-0.3, -0.25) is 4.99 Å². The van der Waals surface area contributed by atoms with Crippen molar-refractivity contribution in [3.05, 3.63) is 11.3 Å². The lowest BCUT2D eigenvalue weighted by molar-refractivity contribution is -0.0931. The number of nitrogens with zero attached hydrogens (tertiary/aromatic N) is 1. The van der Waals surface area contributed by atoms with Gasteiger partial charge in [0.25, 0.3) is 0 Å². The molecule has 0 aliphatic rings. The maximum Gasteiger partial charge on any atom is 0.431 e. The monoisotopic (exact) mass is 208 g/mol. The molecule has 0 saturated carbocycles. The maximum atomic E-state index is 12.1. The second-order valence-electron chi connectivity index (χ2n) is 3.00. The smallest absolute Gasteiger partial charge is 0.394 e. The van der Waals surface area contributed by atoms with Crippen molar-refractivity contribution in [3.8, 4) is 0 Å². The molecule has 0 aromatic heterocycles. The molecule has 0 bridgehead atoms. The van der Waals surface area contributed by atoms with Gasteiger partial charge in [0.1, 0.15) is 5.70 Å². The van der Waals surface area contributed by atoms with Crippen LogP contribution in [-0.4, -0.2) is 18.4 Å². The second kappa shape index (κ2) is 5.02. The van der Waals surface area contributed by atoms with Crippen LogP contribution in [0.15, 0.2) is 16.3 Å². The Morgan fingerprint density at radius 2 is 1.79 bits per heavy atom. The predicted octanol–water partition coefficient (Wildman–Crippen LogP) is 2.65. The van der Waals surface area contributed by atoms with Crippen molar-refractivity contribution in [1.82, 2.24) is 0 Å². The number of halogens is 3. The second-order valence-corrected chi connectivity index (χ2v) is 3.00. The van der Waals surface area contributed by atoms with Crippen molar-refractivity contribution in [2.24, 2.45) is 10.7 Å². The van der Waals surface area contributed by atoms with Crippen LogP contribution < -0.4 is 5.73 Å². The molecule has 0 heterocycles. The minimum atomic E-state index is -4.47. The van der Waals surface area contributed by atoms with Crippen molar-refractivity contribution >= 4 is 5.71 Å². The van der Waals surface area contributed by atoms with E-state index in [1.807, 2.05) is 6.92 Å². The lowest BCUT2D eigenvalue weighted by Crippen LogP contribution is -2.23. The van der Waals surface area contributed by atoms with Crippen LogP contribution in [0.3, 0.4) is 0 Å². The van der Waals surface area contributed by atoms with E-state index in [0.717, 1.165) is 6.42 Å². The molecule has 0 rings (SSSR count). The molecular weight excluding hydrogens is 193 g/mol. The van der Waals surface area contributed by atoms with Crippen LogP contribution in [-0.2, 0) is 0 Å². The Kier molecular flexibility index (Phi) is 4.67. The molecule has 14 heavy (non-hydrogen) atoms. The van der Waals surface area contributed by atoms with E-state index < -0.39 is 11.9 Å². The van der Waals surface area contributed by atoms with Gasteiger partial charge in [0.15, 0.2) is 0 Å². The summed E-state index contributed by atoms with van der Waals surface area (Å²) in [4.78, 5) is 3.96. The number of aliphatic imine (C=N–C) groups is 1. The van der Waals surface area contributed by atoms with E-state index in [1.54, 1.807) is 0 Å². The van der Waals surface area contributed by atoms with Crippen LogP contribution in [0.1, 0.15) is 27.2 Å². The van der Waals surface area contributed by atoms with Crippen LogP contribution in [0.5, 0.6) is 0 Å². The predicted molar refractivity (Wildman–Crippen MR) is 51.2 cm³/mol. The van der Waals surface area contributed by atoms with Gasteiger partial charge < -0.3 is 5.73 Å². The number of hydrogen-bond donors (Lipinski definition) is 1. The zero-order valence-electron chi connectivity index (χ0n) is 8.57. The molecule has 0 aliphatic carbocycles. The van der Waals surface area contributed by atoms with Gasteiger partial charge in [0.2, 0.25) is 0 Å². The summed E-state index contributed by atoms with van der Waals surface area (Å²) >= 11 is 0. The Labute approximate surface area is 81.7 Å². The molecular formula is C9H15F3N2. The molecule has 2 N–H and O–H groups in total. The largest absolute Gasteiger partial charge is 0.431 e. The maximum absolute atomic E-state index is 12.1. The van der Waals surface area contributed by atoms with Crippen LogP contribution in [0, 0.1) is 0 Å². The molecule has 2 nitrogen and oxygen atoms in total. The molecule has 0 aromatic carbocycles. The Balaban J connectivity index is 4.83. The summed E-state index contributed by atoms with van der Waals surface area (Å²) in [5.41, 5.74) is 4.23. The highest BCUT2D eigenvalue weighted by Crippen LogP contribution is 2.24. The minimum Gasteiger partial charge on any atom is -0.394 e. The summed E-state index contributed by atoms with van der Waals surface area (Å²) in [6.07, 6.45) is -3.66. The van der Waals surface area contributed by atoms with Crippen molar-refractivity contribution in [2.45, 2.75) is 33.4 Å². The van der Waals surface area contributed by atoms with E-state index in [0.29, 0.717) is 12.3 Å². The van der Waals surface area contributed by atoms with Crippen molar-refractivity contribution in [1.29, 1.82) is 0 Å². The van der Waals surface area contributed by atoms with Gasteiger partial charge in [-0.05, 0) is 25.8 Å². The fourth-order valence-electron chi connectivity index (χ4n) is 0.806. The minimum absolute atomic E-state index is 0.00551. The third-order valence-electron chi connectivity index (χ3n) is 1.82. The molecule has 0 fully saturated rings. The molecule has 0 aromatic rings. The van der Waals surface area contributed by atoms with E-state index in [9.17, 15) is 13.2 Å². The summed E-state index contributed by atoms with van der Waals surface area (Å²) in [5, 5.41) is 0. The number of hydrogen-bond acceptors (Lipinski definition) is 2. The average Bonchev–Trinajstić information content (AvgIpc) is 2.10. The normalized spacial score (nSPS) is 15.4. The van der Waals surface area contributed by atoms with Crippen LogP contribution in [0.4, 0.5) is 13.2 Å². The number of nitrogens with two attached hydrogens (primary N) is 1. The molecule has 0 atom stereocenters. The quantitative estimate of drug-likeness (QED) is 0.711. The van der Waals surface area contributed by atoms with Gasteiger partial charge in [-0.1, -0.05) is 6.92 Å². The van der Waals surface area contributed by atoms with Crippen molar-refractivity contribution < 1.29 is 13.2 Å².